The molecule has 6 nitrogen and oxygen atoms in total. The summed E-state index contributed by atoms with van der Waals surface area (Å²) in [6, 6.07) is 7.24. The number of carbonyl (C=O) groups excluding carboxylic acids is 2. The molecule has 0 aliphatic carbocycles. The second-order valence-electron chi connectivity index (χ2n) is 7.36. The fourth-order valence-electron chi connectivity index (χ4n) is 3.72. The highest BCUT2D eigenvalue weighted by atomic mass is 79.9. The van der Waals surface area contributed by atoms with Crippen molar-refractivity contribution in [2.45, 2.75) is 47.3 Å². The Morgan fingerprint density at radius 3 is 2.57 bits per heavy atom. The molecule has 0 bridgehead atoms. The molecule has 0 spiro atoms. The van der Waals surface area contributed by atoms with Gasteiger partial charge in [0.25, 0.3) is 5.56 Å². The van der Waals surface area contributed by atoms with Gasteiger partial charge in [0.2, 0.25) is 0 Å². The molecule has 1 heterocycles. The Balaban J connectivity index is 1.70. The Kier molecular flexibility index (Phi) is 6.51. The third kappa shape index (κ3) is 4.51. The maximum atomic E-state index is 12.6. The van der Waals surface area contributed by atoms with Crippen molar-refractivity contribution in [3.8, 4) is 0 Å². The fourth-order valence-corrected chi connectivity index (χ4v) is 4.08. The number of hydrogen-bond acceptors (Lipinski definition) is 5. The molecule has 0 radical (unpaired) electrons. The summed E-state index contributed by atoms with van der Waals surface area (Å²) in [5, 5.41) is 0.489. The molecular formula is C23H23BrN2O4. The van der Waals surface area contributed by atoms with Crippen LogP contribution in [0.3, 0.4) is 0 Å². The van der Waals surface area contributed by atoms with E-state index in [2.05, 4.69) is 20.9 Å². The van der Waals surface area contributed by atoms with E-state index in [1.807, 2.05) is 32.9 Å². The first-order valence-electron chi connectivity index (χ1n) is 9.60. The average Bonchev–Trinajstić information content (AvgIpc) is 2.67. The van der Waals surface area contributed by atoms with Crippen LogP contribution >= 0.6 is 15.9 Å². The molecule has 1 aromatic heterocycles. The van der Waals surface area contributed by atoms with Gasteiger partial charge in [-0.1, -0.05) is 22.0 Å². The summed E-state index contributed by atoms with van der Waals surface area (Å²) in [5.41, 5.74) is 4.65. The van der Waals surface area contributed by atoms with E-state index < -0.39 is 5.97 Å². The van der Waals surface area contributed by atoms with Gasteiger partial charge in [0.1, 0.15) is 6.61 Å². The van der Waals surface area contributed by atoms with Gasteiger partial charge in [-0.05, 0) is 68.1 Å². The molecule has 0 fully saturated rings. The summed E-state index contributed by atoms with van der Waals surface area (Å²) in [6.07, 6.45) is 1.49. The van der Waals surface area contributed by atoms with E-state index in [4.69, 9.17) is 4.74 Å². The molecule has 0 N–H and O–H groups in total. The summed E-state index contributed by atoms with van der Waals surface area (Å²) < 4.78 is 7.64. The summed E-state index contributed by atoms with van der Waals surface area (Å²) >= 11 is 3.35. The van der Waals surface area contributed by atoms with Crippen LogP contribution in [0.4, 0.5) is 0 Å². The van der Waals surface area contributed by atoms with Crippen molar-refractivity contribution in [2.24, 2.45) is 0 Å². The fraction of sp³-hybridized carbons (Fsp3) is 0.304. The standard InChI is InChI=1S/C23H23BrN2O4/c1-13-9-14(2)22(16(4)27)15(3)19(13)11-30-21(28)7-8-26-12-25-20-6-5-17(24)10-18(20)23(26)29/h5-6,9-10,12H,7-8,11H2,1-4H3. The lowest BCUT2D eigenvalue weighted by molar-refractivity contribution is -0.145. The van der Waals surface area contributed by atoms with Crippen LogP contribution in [-0.2, 0) is 22.7 Å². The number of esters is 1. The SMILES string of the molecule is CC(=O)c1c(C)cc(C)c(COC(=O)CCn2cnc3ccc(Br)cc3c2=O)c1C. The zero-order valence-electron chi connectivity index (χ0n) is 17.4. The third-order valence-electron chi connectivity index (χ3n) is 5.20. The molecule has 0 saturated carbocycles. The topological polar surface area (TPSA) is 78.3 Å². The molecular weight excluding hydrogens is 448 g/mol. The molecule has 3 aromatic rings. The summed E-state index contributed by atoms with van der Waals surface area (Å²) in [7, 11) is 0. The number of benzene rings is 2. The highest BCUT2D eigenvalue weighted by molar-refractivity contribution is 9.10. The highest BCUT2D eigenvalue weighted by Gasteiger charge is 2.16. The van der Waals surface area contributed by atoms with E-state index in [9.17, 15) is 14.4 Å². The van der Waals surface area contributed by atoms with E-state index >= 15 is 0 Å². The van der Waals surface area contributed by atoms with Gasteiger partial charge in [-0.2, -0.15) is 0 Å². The number of halogens is 1. The number of rotatable bonds is 6. The molecule has 7 heteroatoms. The molecule has 3 rings (SSSR count). The Hall–Kier alpha value is -2.80. The Bertz CT molecular complexity index is 1210. The number of nitrogens with zero attached hydrogens (tertiary/aromatic N) is 2. The van der Waals surface area contributed by atoms with Gasteiger partial charge in [-0.3, -0.25) is 19.0 Å². The Morgan fingerprint density at radius 1 is 1.13 bits per heavy atom. The van der Waals surface area contributed by atoms with Gasteiger partial charge in [-0.25, -0.2) is 4.98 Å². The normalized spacial score (nSPS) is 11.0. The molecule has 0 unspecified atom stereocenters. The lowest BCUT2D eigenvalue weighted by Gasteiger charge is -2.16. The molecule has 0 aliphatic rings. The van der Waals surface area contributed by atoms with Crippen molar-refractivity contribution in [3.63, 3.8) is 0 Å². The summed E-state index contributed by atoms with van der Waals surface area (Å²) in [4.78, 5) is 41.1. The zero-order valence-corrected chi connectivity index (χ0v) is 19.0. The number of aromatic nitrogens is 2. The minimum absolute atomic E-state index is 0.00704. The van der Waals surface area contributed by atoms with Gasteiger partial charge in [0.15, 0.2) is 5.78 Å². The summed E-state index contributed by atoms with van der Waals surface area (Å²) in [5.74, 6) is -0.424. The van der Waals surface area contributed by atoms with E-state index in [1.54, 1.807) is 12.1 Å². The van der Waals surface area contributed by atoms with Gasteiger partial charge in [0.05, 0.1) is 23.7 Å². The number of carbonyl (C=O) groups is 2. The molecule has 2 aromatic carbocycles. The first kappa shape index (κ1) is 21.9. The van der Waals surface area contributed by atoms with Crippen molar-refractivity contribution in [2.75, 3.05) is 0 Å². The van der Waals surface area contributed by atoms with Gasteiger partial charge in [0, 0.05) is 16.6 Å². The second-order valence-corrected chi connectivity index (χ2v) is 8.28. The molecule has 30 heavy (non-hydrogen) atoms. The molecule has 156 valence electrons. The summed E-state index contributed by atoms with van der Waals surface area (Å²) in [6.45, 7) is 7.52. The van der Waals surface area contributed by atoms with E-state index in [1.165, 1.54) is 17.8 Å². The van der Waals surface area contributed by atoms with Crippen LogP contribution < -0.4 is 5.56 Å². The Labute approximate surface area is 183 Å². The first-order chi connectivity index (χ1) is 14.2. The molecule has 0 atom stereocenters. The van der Waals surface area contributed by atoms with Crippen molar-refractivity contribution >= 4 is 38.6 Å². The highest BCUT2D eigenvalue weighted by Crippen LogP contribution is 2.23. The monoisotopic (exact) mass is 470 g/mol. The lowest BCUT2D eigenvalue weighted by atomic mass is 9.92. The Morgan fingerprint density at radius 2 is 1.87 bits per heavy atom. The number of hydrogen-bond donors (Lipinski definition) is 0. The van der Waals surface area contributed by atoms with Crippen LogP contribution in [-0.4, -0.2) is 21.3 Å². The average molecular weight is 471 g/mol. The van der Waals surface area contributed by atoms with Crippen molar-refractivity contribution < 1.29 is 14.3 Å². The van der Waals surface area contributed by atoms with E-state index in [0.29, 0.717) is 16.5 Å². The van der Waals surface area contributed by atoms with Gasteiger partial charge < -0.3 is 4.74 Å². The van der Waals surface area contributed by atoms with Crippen LogP contribution in [0.25, 0.3) is 10.9 Å². The second kappa shape index (κ2) is 8.92. The first-order valence-corrected chi connectivity index (χ1v) is 10.4. The van der Waals surface area contributed by atoms with Crippen LogP contribution in [0.15, 0.2) is 39.9 Å². The largest absolute Gasteiger partial charge is 0.461 e. The number of aryl methyl sites for hydroxylation is 3. The molecule has 0 saturated heterocycles. The number of Topliss-reactive ketones (excluding diaryl/α,β-unsaturated/α-hetero) is 1. The number of fused-ring (bicyclic) bond motifs is 1. The van der Waals surface area contributed by atoms with Crippen molar-refractivity contribution in [1.29, 1.82) is 0 Å². The minimum atomic E-state index is -0.417. The predicted molar refractivity (Wildman–Crippen MR) is 119 cm³/mol. The third-order valence-corrected chi connectivity index (χ3v) is 5.70. The van der Waals surface area contributed by atoms with Crippen LogP contribution in [0.1, 0.15) is 46.0 Å². The minimum Gasteiger partial charge on any atom is -0.461 e. The predicted octanol–water partition coefficient (Wildman–Crippen LogP) is 4.42. The zero-order chi connectivity index (χ0) is 22.0. The van der Waals surface area contributed by atoms with Crippen LogP contribution in [0.5, 0.6) is 0 Å². The lowest BCUT2D eigenvalue weighted by Crippen LogP contribution is -2.22. The van der Waals surface area contributed by atoms with Crippen LogP contribution in [0, 0.1) is 20.8 Å². The van der Waals surface area contributed by atoms with Gasteiger partial charge >= 0.3 is 5.97 Å². The van der Waals surface area contributed by atoms with E-state index in [-0.39, 0.29) is 30.9 Å². The maximum absolute atomic E-state index is 12.6. The smallest absolute Gasteiger partial charge is 0.307 e. The molecule has 0 aliphatic heterocycles. The number of ether oxygens (including phenoxy) is 1. The van der Waals surface area contributed by atoms with Crippen molar-refractivity contribution in [1.82, 2.24) is 9.55 Å². The van der Waals surface area contributed by atoms with Crippen LogP contribution in [0.2, 0.25) is 0 Å². The quantitative estimate of drug-likeness (QED) is 0.393. The molecule has 0 amide bonds. The van der Waals surface area contributed by atoms with E-state index in [0.717, 1.165) is 26.7 Å². The number of ketones is 1. The maximum Gasteiger partial charge on any atom is 0.307 e. The van der Waals surface area contributed by atoms with Crippen molar-refractivity contribution in [3.05, 3.63) is 73.2 Å². The van der Waals surface area contributed by atoms with Gasteiger partial charge in [-0.15, -0.1) is 0 Å².